The minimum absolute atomic E-state index is 0.270. The van der Waals surface area contributed by atoms with Crippen molar-refractivity contribution < 1.29 is 16.4 Å². The second kappa shape index (κ2) is 17.2. The Morgan fingerprint density at radius 2 is 0.833 bits per heavy atom. The van der Waals surface area contributed by atoms with Gasteiger partial charge in [-0.1, -0.05) is 0 Å². The zero-order valence-corrected chi connectivity index (χ0v) is 43.6. The maximum atomic E-state index is 9.62. The molecule has 3 aliphatic rings. The van der Waals surface area contributed by atoms with E-state index in [1.807, 2.05) is 0 Å². The molecule has 0 amide bonds. The van der Waals surface area contributed by atoms with Crippen LogP contribution in [0, 0.1) is 11.8 Å². The zero-order valence-electron chi connectivity index (χ0n) is 38.2. The molecule has 0 saturated carbocycles. The Kier molecular flexibility index (Phi) is 11.3. The average Bonchev–Trinajstić information content (AvgIpc) is 4.05. The van der Waals surface area contributed by atoms with Gasteiger partial charge in [-0.25, -0.2) is 0 Å². The fourth-order valence-corrected chi connectivity index (χ4v) is 39.1. The quantitative estimate of drug-likeness (QED) is 0.113. The summed E-state index contributed by atoms with van der Waals surface area (Å²) in [5, 5.41) is 2.89. The molecule has 2 atom stereocenters. The minimum atomic E-state index is -5.97. The summed E-state index contributed by atoms with van der Waals surface area (Å²) in [6.07, 6.45) is 6.99. The summed E-state index contributed by atoms with van der Waals surface area (Å²) in [4.78, 5) is 0. The molecule has 0 radical (unpaired) electrons. The van der Waals surface area contributed by atoms with Crippen molar-refractivity contribution in [1.82, 2.24) is 0 Å². The van der Waals surface area contributed by atoms with Crippen molar-refractivity contribution in [2.75, 3.05) is 0 Å². The Hall–Kier alpha value is -5.08. The molecule has 0 spiro atoms. The fourth-order valence-electron chi connectivity index (χ4n) is 12.1. The number of benzene rings is 8. The molecule has 11 rings (SSSR count). The Bertz CT molecular complexity index is 3070. The van der Waals surface area contributed by atoms with E-state index in [-0.39, 0.29) is 7.25 Å². The molecule has 66 heavy (non-hydrogen) atoms. The molecule has 1 heterocycles. The molecular formula is C62H55Cl2SiZr. The number of rotatable bonds is 11. The predicted octanol–water partition coefficient (Wildman–Crippen LogP) is 14.7. The first-order chi connectivity index (χ1) is 32.1. The summed E-state index contributed by atoms with van der Waals surface area (Å²) in [7, 11) is 18.3. The topological polar surface area (TPSA) is 0 Å². The van der Waals surface area contributed by atoms with Crippen LogP contribution in [0.25, 0.3) is 56.7 Å². The molecule has 0 nitrogen and oxygen atoms in total. The van der Waals surface area contributed by atoms with Crippen LogP contribution < -0.4 is 13.6 Å². The Morgan fingerprint density at radius 3 is 1.33 bits per heavy atom. The van der Waals surface area contributed by atoms with E-state index < -0.39 is 25.9 Å². The summed E-state index contributed by atoms with van der Waals surface area (Å²) in [5.41, 5.74) is 20.3. The Balaban J connectivity index is 1.26. The average molecular weight is 990 g/mol. The van der Waals surface area contributed by atoms with Crippen molar-refractivity contribution >= 4 is 63.5 Å². The molecule has 4 heteroatoms. The Morgan fingerprint density at radius 1 is 0.424 bits per heavy atom. The standard InChI is InChI=1S/2C25H23.C12H9Si.2ClH.Zr/c2*1-18(2)15-20-11-6-7-13-23(20)24-14-8-12-21-16-22(17-25(21)24)19-9-4-3-5-10-19;1-3-7-11-9(5-1)10-6-2-4-8-12(10)13-11;;;/h2*3-14,16-18H,15H2,1-2H3;1-7H,13H2;2*1H;/q;;;;;+2/p-2. The zero-order chi connectivity index (χ0) is 45.2. The van der Waals surface area contributed by atoms with E-state index in [1.54, 1.807) is 0 Å². The number of hydrogen-bond donors (Lipinski definition) is 0. The third-order valence-corrected chi connectivity index (χ3v) is 37.1. The van der Waals surface area contributed by atoms with Crippen LogP contribution in [0.2, 0.25) is 0 Å². The van der Waals surface area contributed by atoms with E-state index in [9.17, 15) is 17.0 Å². The number of hydrogen-bond acceptors (Lipinski definition) is 0. The molecule has 2 aliphatic carbocycles. The van der Waals surface area contributed by atoms with Crippen molar-refractivity contribution in [2.45, 2.75) is 47.8 Å². The van der Waals surface area contributed by atoms with Crippen LogP contribution in [-0.4, -0.2) is 9.52 Å². The van der Waals surface area contributed by atoms with Gasteiger partial charge in [0.15, 0.2) is 0 Å². The van der Waals surface area contributed by atoms with Crippen molar-refractivity contribution in [2.24, 2.45) is 11.8 Å². The van der Waals surface area contributed by atoms with E-state index in [4.69, 9.17) is 0 Å². The third-order valence-electron chi connectivity index (χ3n) is 14.6. The van der Waals surface area contributed by atoms with Crippen LogP contribution in [0.1, 0.15) is 79.5 Å². The Labute approximate surface area is 402 Å². The molecule has 2 unspecified atom stereocenters. The van der Waals surface area contributed by atoms with Gasteiger partial charge in [0.1, 0.15) is 0 Å². The van der Waals surface area contributed by atoms with Gasteiger partial charge in [0, 0.05) is 0 Å². The molecule has 0 saturated heterocycles. The number of allylic oxidation sites excluding steroid dienone is 2. The van der Waals surface area contributed by atoms with Crippen LogP contribution in [0.4, 0.5) is 0 Å². The first kappa shape index (κ1) is 43.5. The van der Waals surface area contributed by atoms with Gasteiger partial charge in [0.05, 0.1) is 0 Å². The first-order valence-corrected chi connectivity index (χ1v) is 35.7. The van der Waals surface area contributed by atoms with Crippen LogP contribution >= 0.6 is 17.0 Å². The first-order valence-electron chi connectivity index (χ1n) is 23.8. The molecule has 0 fully saturated rings. The van der Waals surface area contributed by atoms with Crippen molar-refractivity contribution in [3.05, 3.63) is 233 Å². The summed E-state index contributed by atoms with van der Waals surface area (Å²) in [5.74, 6) is 1.04. The van der Waals surface area contributed by atoms with Crippen LogP contribution in [0.5, 0.6) is 0 Å². The SMILES string of the molecule is CC(C)Cc1ccccc1-c1cccc2c1C=C(c1ccccc1)[CH]2[Zr]([Cl])([Cl])([c]1cccc2c1[SiH2]c1ccccc1-2)[CH]1C(c2ccccc2)=Cc2c(-c3ccccc3CC(C)C)cccc21. The molecule has 1 aliphatic heterocycles. The maximum absolute atomic E-state index is 9.62. The monoisotopic (exact) mass is 987 g/mol. The summed E-state index contributed by atoms with van der Waals surface area (Å²) < 4.78 is 0.692. The summed E-state index contributed by atoms with van der Waals surface area (Å²) in [6, 6.07) is 70.1. The molecular weight excluding hydrogens is 935 g/mol. The van der Waals surface area contributed by atoms with E-state index in [0.29, 0.717) is 11.8 Å². The molecule has 325 valence electrons. The third kappa shape index (κ3) is 7.18. The van der Waals surface area contributed by atoms with Gasteiger partial charge in [0.25, 0.3) is 0 Å². The molecule has 8 aromatic rings. The van der Waals surface area contributed by atoms with Gasteiger partial charge in [-0.15, -0.1) is 0 Å². The summed E-state index contributed by atoms with van der Waals surface area (Å²) in [6.45, 7) is 9.26. The number of fused-ring (bicyclic) bond motifs is 5. The van der Waals surface area contributed by atoms with E-state index in [1.165, 1.54) is 103 Å². The molecule has 0 N–H and O–H groups in total. The second-order valence-corrected chi connectivity index (χ2v) is 42.2. The predicted molar refractivity (Wildman–Crippen MR) is 286 cm³/mol. The van der Waals surface area contributed by atoms with Crippen LogP contribution in [-0.2, 0) is 29.2 Å². The number of halogens is 2. The normalized spacial score (nSPS) is 16.9. The van der Waals surface area contributed by atoms with Crippen molar-refractivity contribution in [3.8, 4) is 33.4 Å². The van der Waals surface area contributed by atoms with Crippen LogP contribution in [0.15, 0.2) is 188 Å². The van der Waals surface area contributed by atoms with Crippen molar-refractivity contribution in [3.63, 3.8) is 0 Å². The fraction of sp³-hybridized carbons (Fsp3) is 0.161. The van der Waals surface area contributed by atoms with Gasteiger partial charge in [0.2, 0.25) is 0 Å². The second-order valence-electron chi connectivity index (χ2n) is 19.7. The summed E-state index contributed by atoms with van der Waals surface area (Å²) >= 11 is -5.97. The van der Waals surface area contributed by atoms with E-state index in [2.05, 4.69) is 228 Å². The van der Waals surface area contributed by atoms with Gasteiger partial charge in [-0.05, 0) is 0 Å². The van der Waals surface area contributed by atoms with Gasteiger partial charge in [-0.2, -0.15) is 0 Å². The van der Waals surface area contributed by atoms with Crippen molar-refractivity contribution in [1.29, 1.82) is 0 Å². The van der Waals surface area contributed by atoms with Crippen LogP contribution in [0.3, 0.4) is 0 Å². The van der Waals surface area contributed by atoms with E-state index >= 15 is 0 Å². The molecule has 0 aromatic heterocycles. The van der Waals surface area contributed by atoms with Gasteiger partial charge >= 0.3 is 405 Å². The van der Waals surface area contributed by atoms with Gasteiger partial charge < -0.3 is 0 Å². The van der Waals surface area contributed by atoms with E-state index in [0.717, 1.165) is 12.8 Å². The molecule has 8 aromatic carbocycles. The van der Waals surface area contributed by atoms with Gasteiger partial charge in [-0.3, -0.25) is 0 Å². The molecule has 0 bridgehead atoms.